The second kappa shape index (κ2) is 3.67. The Morgan fingerprint density at radius 3 is 2.21 bits per heavy atom. The van der Waals surface area contributed by atoms with Gasteiger partial charge in [-0.2, -0.15) is 0 Å². The van der Waals surface area contributed by atoms with Crippen molar-refractivity contribution in [3.8, 4) is 0 Å². The molecule has 78 valence electrons. The van der Waals surface area contributed by atoms with Crippen molar-refractivity contribution in [1.29, 1.82) is 0 Å². The van der Waals surface area contributed by atoms with Gasteiger partial charge >= 0.3 is 11.9 Å². The van der Waals surface area contributed by atoms with Crippen LogP contribution >= 0.6 is 0 Å². The summed E-state index contributed by atoms with van der Waals surface area (Å²) < 4.78 is 9.62. The van der Waals surface area contributed by atoms with Crippen molar-refractivity contribution < 1.29 is 23.9 Å². The van der Waals surface area contributed by atoms with Crippen LogP contribution in [0.1, 0.15) is 13.8 Å². The summed E-state index contributed by atoms with van der Waals surface area (Å²) in [5.74, 6) is -2.69. The number of rotatable bonds is 2. The van der Waals surface area contributed by atoms with Crippen molar-refractivity contribution in [3.05, 3.63) is 11.8 Å². The molecule has 0 spiro atoms. The van der Waals surface area contributed by atoms with E-state index in [2.05, 4.69) is 10.3 Å². The maximum absolute atomic E-state index is 11.2. The monoisotopic (exact) mass is 201 g/mol. The summed E-state index contributed by atoms with van der Waals surface area (Å²) in [5.41, 5.74) is 2.01. The third-order valence-electron chi connectivity index (χ3n) is 1.44. The van der Waals surface area contributed by atoms with Gasteiger partial charge in [-0.3, -0.25) is 10.3 Å². The van der Waals surface area contributed by atoms with E-state index in [0.29, 0.717) is 0 Å². The molecule has 6 heteroatoms. The first-order chi connectivity index (χ1) is 6.46. The van der Waals surface area contributed by atoms with Crippen molar-refractivity contribution in [1.82, 2.24) is 5.48 Å². The van der Waals surface area contributed by atoms with E-state index >= 15 is 0 Å². The number of hydrogen-bond donors (Lipinski definition) is 1. The summed E-state index contributed by atoms with van der Waals surface area (Å²) in [4.78, 5) is 26.9. The van der Waals surface area contributed by atoms with E-state index < -0.39 is 17.7 Å². The van der Waals surface area contributed by atoms with E-state index in [1.54, 1.807) is 0 Å². The minimum Gasteiger partial charge on any atom is -0.419 e. The van der Waals surface area contributed by atoms with Crippen LogP contribution in [0.2, 0.25) is 0 Å². The molecule has 6 nitrogen and oxygen atoms in total. The van der Waals surface area contributed by atoms with Crippen LogP contribution in [-0.2, 0) is 23.9 Å². The van der Waals surface area contributed by atoms with Crippen LogP contribution in [0.15, 0.2) is 11.8 Å². The predicted molar refractivity (Wildman–Crippen MR) is 44.5 cm³/mol. The van der Waals surface area contributed by atoms with Gasteiger partial charge in [-0.25, -0.2) is 9.59 Å². The highest BCUT2D eigenvalue weighted by atomic mass is 16.7. The van der Waals surface area contributed by atoms with Gasteiger partial charge in [0, 0.05) is 20.0 Å². The lowest BCUT2D eigenvalue weighted by Gasteiger charge is -2.29. The molecule has 1 rings (SSSR count). The Hall–Kier alpha value is -1.56. The average Bonchev–Trinajstić information content (AvgIpc) is 2.00. The molecule has 1 fully saturated rings. The second-order valence-corrected chi connectivity index (χ2v) is 3.06. The molecular formula is C8H11NO5. The quantitative estimate of drug-likeness (QED) is 0.290. The number of ether oxygens (including phenoxy) is 2. The highest BCUT2D eigenvalue weighted by molar-refractivity contribution is 6.15. The summed E-state index contributed by atoms with van der Waals surface area (Å²) in [6, 6.07) is 0. The molecular weight excluding hydrogens is 190 g/mol. The van der Waals surface area contributed by atoms with E-state index in [1.807, 2.05) is 0 Å². The molecule has 1 aliphatic rings. The summed E-state index contributed by atoms with van der Waals surface area (Å²) in [6.07, 6.45) is 1.08. The summed E-state index contributed by atoms with van der Waals surface area (Å²) in [5, 5.41) is 0. The van der Waals surface area contributed by atoms with Gasteiger partial charge in [0.15, 0.2) is 5.57 Å². The Bertz CT molecular complexity index is 272. The van der Waals surface area contributed by atoms with Crippen molar-refractivity contribution in [3.63, 3.8) is 0 Å². The molecule has 0 unspecified atom stereocenters. The molecule has 0 radical (unpaired) electrons. The topological polar surface area (TPSA) is 73.9 Å². The number of cyclic esters (lactones) is 2. The normalized spacial score (nSPS) is 19.8. The number of carbonyl (C=O) groups excluding carboxylic acids is 2. The molecule has 0 bridgehead atoms. The van der Waals surface area contributed by atoms with Gasteiger partial charge in [-0.05, 0) is 0 Å². The molecule has 1 N–H and O–H groups in total. The molecule has 1 saturated heterocycles. The molecule has 14 heavy (non-hydrogen) atoms. The fourth-order valence-corrected chi connectivity index (χ4v) is 0.896. The molecule has 0 aliphatic carbocycles. The number of hydrogen-bond acceptors (Lipinski definition) is 6. The molecule has 0 saturated carbocycles. The van der Waals surface area contributed by atoms with Gasteiger partial charge in [-0.15, -0.1) is 0 Å². The first-order valence-electron chi connectivity index (χ1n) is 3.91. The number of esters is 2. The Morgan fingerprint density at radius 2 is 1.79 bits per heavy atom. The molecule has 0 atom stereocenters. The van der Waals surface area contributed by atoms with Gasteiger partial charge in [0.05, 0.1) is 7.11 Å². The molecule has 0 aromatic rings. The van der Waals surface area contributed by atoms with Gasteiger partial charge in [0.25, 0.3) is 5.79 Å². The van der Waals surface area contributed by atoms with Crippen LogP contribution in [0.3, 0.4) is 0 Å². The number of hydroxylamine groups is 1. The van der Waals surface area contributed by atoms with Crippen LogP contribution < -0.4 is 5.48 Å². The third-order valence-corrected chi connectivity index (χ3v) is 1.44. The molecule has 0 aromatic heterocycles. The van der Waals surface area contributed by atoms with E-state index in [1.165, 1.54) is 21.0 Å². The Labute approximate surface area is 80.8 Å². The van der Waals surface area contributed by atoms with Crippen LogP contribution in [0, 0.1) is 0 Å². The zero-order valence-corrected chi connectivity index (χ0v) is 8.12. The molecule has 0 amide bonds. The maximum Gasteiger partial charge on any atom is 0.350 e. The van der Waals surface area contributed by atoms with Crippen molar-refractivity contribution in [2.24, 2.45) is 0 Å². The SMILES string of the molecule is CONC=C1C(=O)OC(C)(C)OC1=O. The lowest BCUT2D eigenvalue weighted by molar-refractivity contribution is -0.222. The average molecular weight is 201 g/mol. The molecule has 0 aromatic carbocycles. The zero-order valence-electron chi connectivity index (χ0n) is 8.12. The lowest BCUT2D eigenvalue weighted by Crippen LogP contribution is -2.42. The first-order valence-corrected chi connectivity index (χ1v) is 3.91. The number of nitrogens with one attached hydrogen (secondary N) is 1. The van der Waals surface area contributed by atoms with E-state index in [0.717, 1.165) is 6.20 Å². The first kappa shape index (κ1) is 10.5. The van der Waals surface area contributed by atoms with Crippen molar-refractivity contribution >= 4 is 11.9 Å². The zero-order chi connectivity index (χ0) is 10.8. The second-order valence-electron chi connectivity index (χ2n) is 3.06. The highest BCUT2D eigenvalue weighted by Gasteiger charge is 2.38. The van der Waals surface area contributed by atoms with Gasteiger partial charge in [0.1, 0.15) is 0 Å². The van der Waals surface area contributed by atoms with Crippen LogP contribution in [0.25, 0.3) is 0 Å². The maximum atomic E-state index is 11.2. The van der Waals surface area contributed by atoms with Crippen LogP contribution in [0.5, 0.6) is 0 Å². The summed E-state index contributed by atoms with van der Waals surface area (Å²) in [6.45, 7) is 2.95. The lowest BCUT2D eigenvalue weighted by atomic mass is 10.2. The molecule has 1 aliphatic heterocycles. The standard InChI is InChI=1S/C8H11NO5/c1-8(2)13-6(10)5(4-9-12-3)7(11)14-8/h4,9H,1-3H3. The van der Waals surface area contributed by atoms with Gasteiger partial charge < -0.3 is 9.47 Å². The minimum absolute atomic E-state index is 0.230. The van der Waals surface area contributed by atoms with Crippen LogP contribution in [0.4, 0.5) is 0 Å². The van der Waals surface area contributed by atoms with Crippen LogP contribution in [-0.4, -0.2) is 24.8 Å². The largest absolute Gasteiger partial charge is 0.419 e. The fraction of sp³-hybridized carbons (Fsp3) is 0.500. The van der Waals surface area contributed by atoms with E-state index in [9.17, 15) is 9.59 Å². The Kier molecular flexibility index (Phi) is 2.76. The number of carbonyl (C=O) groups is 2. The van der Waals surface area contributed by atoms with E-state index in [4.69, 9.17) is 9.47 Å². The molecule has 1 heterocycles. The summed E-state index contributed by atoms with van der Waals surface area (Å²) >= 11 is 0. The Balaban J connectivity index is 2.81. The van der Waals surface area contributed by atoms with Gasteiger partial charge in [-0.1, -0.05) is 0 Å². The summed E-state index contributed by atoms with van der Waals surface area (Å²) in [7, 11) is 1.35. The fourth-order valence-electron chi connectivity index (χ4n) is 0.896. The minimum atomic E-state index is -1.21. The van der Waals surface area contributed by atoms with Gasteiger partial charge in [0.2, 0.25) is 0 Å². The third kappa shape index (κ3) is 2.23. The van der Waals surface area contributed by atoms with Crippen molar-refractivity contribution in [2.75, 3.05) is 7.11 Å². The highest BCUT2D eigenvalue weighted by Crippen LogP contribution is 2.21. The van der Waals surface area contributed by atoms with Crippen molar-refractivity contribution in [2.45, 2.75) is 19.6 Å². The predicted octanol–water partition coefficient (Wildman–Crippen LogP) is -0.143. The Morgan fingerprint density at radius 1 is 1.29 bits per heavy atom. The smallest absolute Gasteiger partial charge is 0.350 e. The van der Waals surface area contributed by atoms with E-state index in [-0.39, 0.29) is 5.57 Å².